The van der Waals surface area contributed by atoms with Crippen LogP contribution in [-0.4, -0.2) is 52.9 Å². The van der Waals surface area contributed by atoms with Crippen molar-refractivity contribution >= 4 is 5.91 Å². The first-order valence-electron chi connectivity index (χ1n) is 7.72. The molecule has 5 heteroatoms. The molecule has 0 unspecified atom stereocenters. The molecule has 1 aromatic heterocycles. The second-order valence-corrected chi connectivity index (χ2v) is 6.19. The predicted octanol–water partition coefficient (Wildman–Crippen LogP) is 1.10. The third kappa shape index (κ3) is 4.79. The van der Waals surface area contributed by atoms with Gasteiger partial charge in [-0.1, -0.05) is 13.8 Å². The van der Waals surface area contributed by atoms with Crippen molar-refractivity contribution in [3.8, 4) is 0 Å². The van der Waals surface area contributed by atoms with Gasteiger partial charge in [-0.3, -0.25) is 14.7 Å². The van der Waals surface area contributed by atoms with Crippen LogP contribution in [0.15, 0.2) is 24.5 Å². The topological polar surface area (TPSA) is 62.5 Å². The molecule has 1 aliphatic rings. The zero-order valence-electron chi connectivity index (χ0n) is 13.0. The Labute approximate surface area is 127 Å². The summed E-state index contributed by atoms with van der Waals surface area (Å²) in [6, 6.07) is 3.73. The molecule has 1 aromatic rings. The van der Waals surface area contributed by atoms with Crippen molar-refractivity contribution in [1.82, 2.24) is 14.8 Å². The first kappa shape index (κ1) is 15.9. The predicted molar refractivity (Wildman–Crippen MR) is 83.5 cm³/mol. The number of aromatic nitrogens is 1. The molecule has 21 heavy (non-hydrogen) atoms. The SMILES string of the molecule is CC(C)C[C@@H](N)C(=O)N1CCN(Cc2ccncc2)CC1. The number of nitrogens with two attached hydrogens (primary N) is 1. The Balaban J connectivity index is 1.79. The first-order chi connectivity index (χ1) is 10.1. The quantitative estimate of drug-likeness (QED) is 0.882. The molecule has 2 rings (SSSR count). The lowest BCUT2D eigenvalue weighted by molar-refractivity contribution is -0.134. The average Bonchev–Trinajstić information content (AvgIpc) is 2.47. The molecular formula is C16H26N4O. The highest BCUT2D eigenvalue weighted by Crippen LogP contribution is 2.11. The zero-order valence-corrected chi connectivity index (χ0v) is 13.0. The third-order valence-corrected chi connectivity index (χ3v) is 3.88. The highest BCUT2D eigenvalue weighted by Gasteiger charge is 2.25. The van der Waals surface area contributed by atoms with E-state index in [1.807, 2.05) is 29.4 Å². The normalized spacial score (nSPS) is 18.0. The second kappa shape index (κ2) is 7.52. The maximum Gasteiger partial charge on any atom is 0.239 e. The van der Waals surface area contributed by atoms with E-state index in [2.05, 4.69) is 23.7 Å². The van der Waals surface area contributed by atoms with Gasteiger partial charge in [-0.2, -0.15) is 0 Å². The largest absolute Gasteiger partial charge is 0.339 e. The van der Waals surface area contributed by atoms with Crippen LogP contribution in [0, 0.1) is 5.92 Å². The van der Waals surface area contributed by atoms with Crippen LogP contribution >= 0.6 is 0 Å². The van der Waals surface area contributed by atoms with Gasteiger partial charge in [0.05, 0.1) is 6.04 Å². The number of carbonyl (C=O) groups is 1. The molecule has 0 spiro atoms. The lowest BCUT2D eigenvalue weighted by Gasteiger charge is -2.36. The van der Waals surface area contributed by atoms with Crippen LogP contribution in [0.5, 0.6) is 0 Å². The standard InChI is InChI=1S/C16H26N4O/c1-13(2)11-15(17)16(21)20-9-7-19(8-10-20)12-14-3-5-18-6-4-14/h3-6,13,15H,7-12,17H2,1-2H3/t15-/m1/s1. The van der Waals surface area contributed by atoms with Crippen molar-refractivity contribution in [2.75, 3.05) is 26.2 Å². The zero-order chi connectivity index (χ0) is 15.2. The number of piperazine rings is 1. The number of rotatable bonds is 5. The molecule has 0 aliphatic carbocycles. The van der Waals surface area contributed by atoms with Gasteiger partial charge >= 0.3 is 0 Å². The Morgan fingerprint density at radius 3 is 2.43 bits per heavy atom. The Hall–Kier alpha value is -1.46. The number of hydrogen-bond donors (Lipinski definition) is 1. The van der Waals surface area contributed by atoms with Gasteiger partial charge < -0.3 is 10.6 Å². The average molecular weight is 290 g/mol. The van der Waals surface area contributed by atoms with E-state index in [4.69, 9.17) is 5.73 Å². The summed E-state index contributed by atoms with van der Waals surface area (Å²) in [5.74, 6) is 0.559. The minimum Gasteiger partial charge on any atom is -0.339 e. The van der Waals surface area contributed by atoms with Crippen molar-refractivity contribution in [2.45, 2.75) is 32.9 Å². The number of pyridine rings is 1. The molecule has 2 N–H and O–H groups in total. The summed E-state index contributed by atoms with van der Waals surface area (Å²) < 4.78 is 0. The van der Waals surface area contributed by atoms with Crippen LogP contribution in [0.3, 0.4) is 0 Å². The van der Waals surface area contributed by atoms with Crippen LogP contribution in [-0.2, 0) is 11.3 Å². The molecule has 1 amide bonds. The molecule has 1 fully saturated rings. The van der Waals surface area contributed by atoms with Crippen molar-refractivity contribution in [3.63, 3.8) is 0 Å². The molecule has 1 saturated heterocycles. The minimum atomic E-state index is -0.350. The van der Waals surface area contributed by atoms with E-state index in [0.29, 0.717) is 5.92 Å². The number of hydrogen-bond acceptors (Lipinski definition) is 4. The summed E-state index contributed by atoms with van der Waals surface area (Å²) in [5, 5.41) is 0. The van der Waals surface area contributed by atoms with E-state index < -0.39 is 0 Å². The molecule has 116 valence electrons. The van der Waals surface area contributed by atoms with Crippen LogP contribution in [0.1, 0.15) is 25.8 Å². The first-order valence-corrected chi connectivity index (χ1v) is 7.72. The fourth-order valence-electron chi connectivity index (χ4n) is 2.72. The van der Waals surface area contributed by atoms with Gasteiger partial charge in [0.25, 0.3) is 0 Å². The lowest BCUT2D eigenvalue weighted by Crippen LogP contribution is -2.53. The maximum atomic E-state index is 12.3. The molecule has 2 heterocycles. The molecule has 0 radical (unpaired) electrons. The molecule has 1 atom stereocenters. The van der Waals surface area contributed by atoms with Gasteiger partial charge in [0.1, 0.15) is 0 Å². The van der Waals surface area contributed by atoms with E-state index in [1.54, 1.807) is 0 Å². The van der Waals surface area contributed by atoms with Crippen molar-refractivity contribution in [2.24, 2.45) is 11.7 Å². The molecule has 1 aliphatic heterocycles. The fourth-order valence-corrected chi connectivity index (χ4v) is 2.72. The van der Waals surface area contributed by atoms with E-state index >= 15 is 0 Å². The minimum absolute atomic E-state index is 0.104. The van der Waals surface area contributed by atoms with E-state index in [9.17, 15) is 4.79 Å². The fraction of sp³-hybridized carbons (Fsp3) is 0.625. The summed E-state index contributed by atoms with van der Waals surface area (Å²) in [7, 11) is 0. The van der Waals surface area contributed by atoms with Gasteiger partial charge in [-0.15, -0.1) is 0 Å². The van der Waals surface area contributed by atoms with Crippen molar-refractivity contribution in [3.05, 3.63) is 30.1 Å². The van der Waals surface area contributed by atoms with E-state index in [1.165, 1.54) is 5.56 Å². The Bertz CT molecular complexity index is 441. The number of nitrogens with zero attached hydrogens (tertiary/aromatic N) is 3. The van der Waals surface area contributed by atoms with Crippen molar-refractivity contribution < 1.29 is 4.79 Å². The maximum absolute atomic E-state index is 12.3. The lowest BCUT2D eigenvalue weighted by atomic mass is 10.0. The Kier molecular flexibility index (Phi) is 5.70. The van der Waals surface area contributed by atoms with Crippen LogP contribution in [0.4, 0.5) is 0 Å². The Morgan fingerprint density at radius 2 is 1.86 bits per heavy atom. The summed E-state index contributed by atoms with van der Waals surface area (Å²) in [6.45, 7) is 8.47. The van der Waals surface area contributed by atoms with E-state index in [0.717, 1.165) is 39.1 Å². The summed E-state index contributed by atoms with van der Waals surface area (Å²) in [5.41, 5.74) is 7.26. The van der Waals surface area contributed by atoms with Gasteiger partial charge in [-0.05, 0) is 30.0 Å². The van der Waals surface area contributed by atoms with Gasteiger partial charge in [0.2, 0.25) is 5.91 Å². The third-order valence-electron chi connectivity index (χ3n) is 3.88. The van der Waals surface area contributed by atoms with Gasteiger partial charge in [0, 0.05) is 45.1 Å². The summed E-state index contributed by atoms with van der Waals surface area (Å²) >= 11 is 0. The monoisotopic (exact) mass is 290 g/mol. The highest BCUT2D eigenvalue weighted by atomic mass is 16.2. The number of carbonyl (C=O) groups excluding carboxylic acids is 1. The molecule has 5 nitrogen and oxygen atoms in total. The van der Waals surface area contributed by atoms with Crippen LogP contribution in [0.25, 0.3) is 0 Å². The second-order valence-electron chi connectivity index (χ2n) is 6.19. The molecule has 0 bridgehead atoms. The Morgan fingerprint density at radius 1 is 1.24 bits per heavy atom. The molecule has 0 aromatic carbocycles. The molecule has 0 saturated carbocycles. The molecular weight excluding hydrogens is 264 g/mol. The van der Waals surface area contributed by atoms with Gasteiger partial charge in [-0.25, -0.2) is 0 Å². The van der Waals surface area contributed by atoms with E-state index in [-0.39, 0.29) is 11.9 Å². The van der Waals surface area contributed by atoms with Crippen LogP contribution < -0.4 is 5.73 Å². The summed E-state index contributed by atoms with van der Waals surface area (Å²) in [6.07, 6.45) is 4.40. The summed E-state index contributed by atoms with van der Waals surface area (Å²) in [4.78, 5) is 20.6. The van der Waals surface area contributed by atoms with Crippen LogP contribution in [0.2, 0.25) is 0 Å². The number of amides is 1. The van der Waals surface area contributed by atoms with Crippen molar-refractivity contribution in [1.29, 1.82) is 0 Å². The smallest absolute Gasteiger partial charge is 0.239 e. The van der Waals surface area contributed by atoms with Gasteiger partial charge in [0.15, 0.2) is 0 Å². The highest BCUT2D eigenvalue weighted by molar-refractivity contribution is 5.81.